The fourth-order valence-corrected chi connectivity index (χ4v) is 6.36. The third-order valence-corrected chi connectivity index (χ3v) is 8.07. The topological polar surface area (TPSA) is 62.7 Å². The summed E-state index contributed by atoms with van der Waals surface area (Å²) in [7, 11) is -2.02. The van der Waals surface area contributed by atoms with Crippen molar-refractivity contribution in [3.8, 4) is 17.0 Å². The molecule has 1 aromatic heterocycles. The van der Waals surface area contributed by atoms with E-state index < -0.39 is 10.0 Å². The summed E-state index contributed by atoms with van der Waals surface area (Å²) in [5, 5.41) is 3.45. The predicted octanol–water partition coefficient (Wildman–Crippen LogP) is 4.64. The van der Waals surface area contributed by atoms with Crippen molar-refractivity contribution in [2.75, 3.05) is 38.2 Å². The summed E-state index contributed by atoms with van der Waals surface area (Å²) in [4.78, 5) is 6.95. The highest BCUT2D eigenvalue weighted by Crippen LogP contribution is 2.34. The quantitative estimate of drug-likeness (QED) is 0.528. The Morgan fingerprint density at radius 1 is 1.03 bits per heavy atom. The van der Waals surface area contributed by atoms with Gasteiger partial charge in [0.1, 0.15) is 5.75 Å². The number of rotatable bonds is 5. The minimum atomic E-state index is -3.66. The van der Waals surface area contributed by atoms with Crippen LogP contribution in [0.1, 0.15) is 0 Å². The lowest BCUT2D eigenvalue weighted by molar-refractivity contribution is 0.385. The minimum Gasteiger partial charge on any atom is -0.496 e. The average molecular weight is 484 g/mol. The van der Waals surface area contributed by atoms with Crippen molar-refractivity contribution in [1.82, 2.24) is 9.29 Å². The first-order valence-corrected chi connectivity index (χ1v) is 12.3. The largest absolute Gasteiger partial charge is 0.496 e. The molecule has 0 saturated carbocycles. The molecule has 1 fully saturated rings. The van der Waals surface area contributed by atoms with Gasteiger partial charge in [-0.1, -0.05) is 35.3 Å². The van der Waals surface area contributed by atoms with Crippen molar-refractivity contribution in [2.45, 2.75) is 4.90 Å². The van der Waals surface area contributed by atoms with E-state index in [1.807, 2.05) is 29.6 Å². The van der Waals surface area contributed by atoms with Gasteiger partial charge in [0.05, 0.1) is 17.7 Å². The Bertz CT molecular complexity index is 1140. The maximum atomic E-state index is 13.0. The molecule has 1 aliphatic rings. The molecule has 3 aromatic rings. The van der Waals surface area contributed by atoms with Crippen molar-refractivity contribution in [3.05, 3.63) is 57.9 Å². The van der Waals surface area contributed by atoms with Crippen LogP contribution in [-0.4, -0.2) is 51.0 Å². The molecular weight excluding hydrogens is 465 g/mol. The number of nitrogens with zero attached hydrogens (tertiary/aromatic N) is 3. The molecule has 0 aliphatic carbocycles. The first-order valence-electron chi connectivity index (χ1n) is 9.18. The smallest absolute Gasteiger partial charge is 0.243 e. The molecule has 2 aromatic carbocycles. The van der Waals surface area contributed by atoms with Crippen LogP contribution < -0.4 is 9.64 Å². The molecule has 10 heteroatoms. The van der Waals surface area contributed by atoms with E-state index in [0.29, 0.717) is 36.2 Å². The summed E-state index contributed by atoms with van der Waals surface area (Å²) in [6.07, 6.45) is 0. The molecule has 2 heterocycles. The molecule has 6 nitrogen and oxygen atoms in total. The molecule has 1 aliphatic heterocycles. The molecule has 1 saturated heterocycles. The molecule has 4 rings (SSSR count). The molecule has 0 atom stereocenters. The van der Waals surface area contributed by atoms with Crippen LogP contribution in [0, 0.1) is 0 Å². The van der Waals surface area contributed by atoms with E-state index in [-0.39, 0.29) is 4.90 Å². The first kappa shape index (κ1) is 21.4. The monoisotopic (exact) mass is 483 g/mol. The zero-order valence-corrected chi connectivity index (χ0v) is 19.2. The summed E-state index contributed by atoms with van der Waals surface area (Å²) in [6.45, 7) is 1.81. The Kier molecular flexibility index (Phi) is 6.22. The summed E-state index contributed by atoms with van der Waals surface area (Å²) < 4.78 is 32.8. The fourth-order valence-electron chi connectivity index (χ4n) is 3.34. The lowest BCUT2D eigenvalue weighted by Crippen LogP contribution is -2.48. The van der Waals surface area contributed by atoms with E-state index in [9.17, 15) is 8.42 Å². The third kappa shape index (κ3) is 4.29. The van der Waals surface area contributed by atoms with Crippen LogP contribution in [0.4, 0.5) is 5.13 Å². The van der Waals surface area contributed by atoms with Gasteiger partial charge in [-0.15, -0.1) is 11.3 Å². The van der Waals surface area contributed by atoms with Gasteiger partial charge in [-0.05, 0) is 30.3 Å². The van der Waals surface area contributed by atoms with Gasteiger partial charge in [0.15, 0.2) is 5.13 Å². The molecule has 30 heavy (non-hydrogen) atoms. The maximum Gasteiger partial charge on any atom is 0.243 e. The van der Waals surface area contributed by atoms with E-state index in [1.54, 1.807) is 7.11 Å². The number of piperazine rings is 1. The summed E-state index contributed by atoms with van der Waals surface area (Å²) in [5.41, 5.74) is 1.78. The SMILES string of the molecule is COc1ccccc1-c1csc(N2CCN(S(=O)(=O)c3cc(Cl)cc(Cl)c3)CC2)n1. The van der Waals surface area contributed by atoms with E-state index in [4.69, 9.17) is 32.9 Å². The highest BCUT2D eigenvalue weighted by atomic mass is 35.5. The van der Waals surface area contributed by atoms with Crippen molar-refractivity contribution in [2.24, 2.45) is 0 Å². The van der Waals surface area contributed by atoms with E-state index >= 15 is 0 Å². The zero-order chi connectivity index (χ0) is 21.3. The Morgan fingerprint density at radius 3 is 2.37 bits per heavy atom. The Balaban J connectivity index is 1.48. The molecule has 0 radical (unpaired) electrons. The van der Waals surface area contributed by atoms with Crippen LogP contribution in [0.3, 0.4) is 0 Å². The van der Waals surface area contributed by atoms with Crippen LogP contribution in [0.15, 0.2) is 52.7 Å². The maximum absolute atomic E-state index is 13.0. The number of benzene rings is 2. The molecule has 158 valence electrons. The summed E-state index contributed by atoms with van der Waals surface area (Å²) in [6, 6.07) is 12.1. The van der Waals surface area contributed by atoms with Crippen molar-refractivity contribution in [1.29, 1.82) is 0 Å². The van der Waals surface area contributed by atoms with Crippen molar-refractivity contribution < 1.29 is 13.2 Å². The van der Waals surface area contributed by atoms with E-state index in [2.05, 4.69) is 4.90 Å². The highest BCUT2D eigenvalue weighted by molar-refractivity contribution is 7.89. The number of thiazole rings is 1. The van der Waals surface area contributed by atoms with Gasteiger partial charge in [-0.25, -0.2) is 13.4 Å². The molecule has 0 spiro atoms. The van der Waals surface area contributed by atoms with Gasteiger partial charge in [0, 0.05) is 47.2 Å². The number of aromatic nitrogens is 1. The van der Waals surface area contributed by atoms with Crippen LogP contribution in [-0.2, 0) is 10.0 Å². The number of para-hydroxylation sites is 1. The Morgan fingerprint density at radius 2 is 1.70 bits per heavy atom. The molecular formula is C20H19Cl2N3O3S2. The zero-order valence-electron chi connectivity index (χ0n) is 16.1. The molecule has 0 unspecified atom stereocenters. The fraction of sp³-hybridized carbons (Fsp3) is 0.250. The van der Waals surface area contributed by atoms with Gasteiger partial charge in [0.25, 0.3) is 0 Å². The lowest BCUT2D eigenvalue weighted by atomic mass is 10.1. The van der Waals surface area contributed by atoms with Crippen LogP contribution in [0.2, 0.25) is 10.0 Å². The second-order valence-electron chi connectivity index (χ2n) is 6.71. The highest BCUT2D eigenvalue weighted by Gasteiger charge is 2.30. The number of hydrogen-bond donors (Lipinski definition) is 0. The van der Waals surface area contributed by atoms with Crippen molar-refractivity contribution in [3.63, 3.8) is 0 Å². The van der Waals surface area contributed by atoms with Gasteiger partial charge < -0.3 is 9.64 Å². The Hall–Kier alpha value is -1.84. The number of halogens is 2. The number of anilines is 1. The van der Waals surface area contributed by atoms with Gasteiger partial charge in [-0.2, -0.15) is 4.31 Å². The standard InChI is InChI=1S/C20H19Cl2N3O3S2/c1-28-19-5-3-2-4-17(19)18-13-29-20(23-18)24-6-8-25(9-7-24)30(26,27)16-11-14(21)10-15(22)12-16/h2-5,10-13H,6-9H2,1H3. The van der Waals surface area contributed by atoms with Gasteiger partial charge >= 0.3 is 0 Å². The number of hydrogen-bond acceptors (Lipinski definition) is 6. The second-order valence-corrected chi connectivity index (χ2v) is 10.4. The number of methoxy groups -OCH3 is 1. The summed E-state index contributed by atoms with van der Waals surface area (Å²) >= 11 is 13.5. The summed E-state index contributed by atoms with van der Waals surface area (Å²) in [5.74, 6) is 0.769. The van der Waals surface area contributed by atoms with E-state index in [0.717, 1.165) is 22.1 Å². The average Bonchev–Trinajstić information content (AvgIpc) is 3.23. The molecule has 0 bridgehead atoms. The predicted molar refractivity (Wildman–Crippen MR) is 122 cm³/mol. The van der Waals surface area contributed by atoms with Crippen LogP contribution in [0.25, 0.3) is 11.3 Å². The van der Waals surface area contributed by atoms with Gasteiger partial charge in [-0.3, -0.25) is 0 Å². The number of sulfonamides is 1. The normalized spacial score (nSPS) is 15.4. The van der Waals surface area contributed by atoms with Crippen LogP contribution >= 0.6 is 34.5 Å². The number of ether oxygens (including phenoxy) is 1. The molecule has 0 N–H and O–H groups in total. The lowest BCUT2D eigenvalue weighted by Gasteiger charge is -2.33. The minimum absolute atomic E-state index is 0.112. The first-order chi connectivity index (χ1) is 14.4. The van der Waals surface area contributed by atoms with Gasteiger partial charge in [0.2, 0.25) is 10.0 Å². The van der Waals surface area contributed by atoms with Crippen LogP contribution in [0.5, 0.6) is 5.75 Å². The van der Waals surface area contributed by atoms with Crippen molar-refractivity contribution >= 4 is 49.7 Å². The molecule has 0 amide bonds. The second kappa shape index (κ2) is 8.72. The third-order valence-electron chi connectivity index (χ3n) is 4.86. The Labute approximate surface area is 189 Å². The van der Waals surface area contributed by atoms with E-state index in [1.165, 1.54) is 33.8 Å².